The Bertz CT molecular complexity index is 133. The Morgan fingerprint density at radius 3 is 2.60 bits per heavy atom. The fraction of sp³-hybridized carbons (Fsp3) is 0.833. The van der Waals surface area contributed by atoms with E-state index in [4.69, 9.17) is 11.5 Å². The first-order valence-corrected chi connectivity index (χ1v) is 3.49. The molecule has 0 aliphatic heterocycles. The molecule has 5 N–H and O–H groups in total. The highest BCUT2D eigenvalue weighted by Gasteiger charge is 2.25. The van der Waals surface area contributed by atoms with Crippen molar-refractivity contribution < 1.29 is 4.79 Å². The van der Waals surface area contributed by atoms with Crippen LogP contribution in [0.2, 0.25) is 0 Å². The Hall–Kier alpha value is -0.610. The molecule has 0 saturated heterocycles. The van der Waals surface area contributed by atoms with Crippen molar-refractivity contribution in [2.24, 2.45) is 11.5 Å². The van der Waals surface area contributed by atoms with Gasteiger partial charge in [-0.3, -0.25) is 4.79 Å². The Morgan fingerprint density at radius 1 is 1.70 bits per heavy atom. The van der Waals surface area contributed by atoms with Crippen LogP contribution in [-0.4, -0.2) is 24.5 Å². The molecule has 0 bridgehead atoms. The zero-order chi connectivity index (χ0) is 7.56. The summed E-state index contributed by atoms with van der Waals surface area (Å²) in [6.45, 7) is 0.297. The second-order valence-electron chi connectivity index (χ2n) is 2.63. The summed E-state index contributed by atoms with van der Waals surface area (Å²) in [4.78, 5) is 10.6. The topological polar surface area (TPSA) is 81.1 Å². The maximum absolute atomic E-state index is 10.6. The number of hydrogen-bond acceptors (Lipinski definition) is 3. The number of hydrogen-bond donors (Lipinski definition) is 3. The molecule has 4 heteroatoms. The number of rotatable bonds is 4. The van der Waals surface area contributed by atoms with Crippen molar-refractivity contribution in [2.45, 2.75) is 24.9 Å². The lowest BCUT2D eigenvalue weighted by Gasteiger charge is -2.10. The molecule has 1 amide bonds. The third kappa shape index (κ3) is 1.97. The lowest BCUT2D eigenvalue weighted by Crippen LogP contribution is -2.47. The number of amides is 1. The standard InChI is InChI=1S/C6H13N3O/c7-3-5(6(8)10)9-4-1-2-4/h4-5,9H,1-3,7H2,(H2,8,10). The average molecular weight is 143 g/mol. The summed E-state index contributed by atoms with van der Waals surface area (Å²) >= 11 is 0. The van der Waals surface area contributed by atoms with E-state index in [9.17, 15) is 4.79 Å². The molecule has 0 aromatic carbocycles. The molecule has 1 unspecified atom stereocenters. The first kappa shape index (κ1) is 7.50. The van der Waals surface area contributed by atoms with Crippen LogP contribution in [0.15, 0.2) is 0 Å². The summed E-state index contributed by atoms with van der Waals surface area (Å²) in [5, 5.41) is 3.04. The summed E-state index contributed by atoms with van der Waals surface area (Å²) in [6.07, 6.45) is 2.29. The highest BCUT2D eigenvalue weighted by molar-refractivity contribution is 5.80. The molecule has 1 atom stereocenters. The predicted molar refractivity (Wildman–Crippen MR) is 38.2 cm³/mol. The molecule has 1 aliphatic rings. The van der Waals surface area contributed by atoms with Crippen LogP contribution in [0.3, 0.4) is 0 Å². The number of nitrogens with one attached hydrogen (secondary N) is 1. The largest absolute Gasteiger partial charge is 0.368 e. The summed E-state index contributed by atoms with van der Waals surface area (Å²) < 4.78 is 0. The minimum absolute atomic E-state index is 0.297. The van der Waals surface area contributed by atoms with Gasteiger partial charge in [0, 0.05) is 12.6 Å². The van der Waals surface area contributed by atoms with Gasteiger partial charge in [0.1, 0.15) is 0 Å². The van der Waals surface area contributed by atoms with Gasteiger partial charge in [0.25, 0.3) is 0 Å². The zero-order valence-electron chi connectivity index (χ0n) is 5.84. The minimum atomic E-state index is -0.352. The normalized spacial score (nSPS) is 20.5. The van der Waals surface area contributed by atoms with E-state index in [-0.39, 0.29) is 11.9 Å². The smallest absolute Gasteiger partial charge is 0.235 e. The van der Waals surface area contributed by atoms with Gasteiger partial charge in [-0.05, 0) is 12.8 Å². The summed E-state index contributed by atoms with van der Waals surface area (Å²) in [5.41, 5.74) is 10.3. The maximum atomic E-state index is 10.6. The van der Waals surface area contributed by atoms with Crippen LogP contribution in [0, 0.1) is 0 Å². The molecule has 1 saturated carbocycles. The summed E-state index contributed by atoms with van der Waals surface area (Å²) in [7, 11) is 0. The van der Waals surface area contributed by atoms with E-state index in [1.54, 1.807) is 0 Å². The van der Waals surface area contributed by atoms with Gasteiger partial charge in [-0.15, -0.1) is 0 Å². The Morgan fingerprint density at radius 2 is 2.30 bits per heavy atom. The van der Waals surface area contributed by atoms with Crippen LogP contribution in [0.5, 0.6) is 0 Å². The van der Waals surface area contributed by atoms with Crippen molar-refractivity contribution in [3.05, 3.63) is 0 Å². The molecule has 58 valence electrons. The van der Waals surface area contributed by atoms with E-state index < -0.39 is 0 Å². The lowest BCUT2D eigenvalue weighted by atomic mass is 10.3. The highest BCUT2D eigenvalue weighted by Crippen LogP contribution is 2.18. The lowest BCUT2D eigenvalue weighted by molar-refractivity contribution is -0.119. The van der Waals surface area contributed by atoms with Crippen LogP contribution in [0.25, 0.3) is 0 Å². The molecular formula is C6H13N3O. The quantitative estimate of drug-likeness (QED) is 0.450. The van der Waals surface area contributed by atoms with Crippen LogP contribution in [-0.2, 0) is 4.79 Å². The molecule has 0 heterocycles. The van der Waals surface area contributed by atoms with Gasteiger partial charge >= 0.3 is 0 Å². The number of nitrogens with two attached hydrogens (primary N) is 2. The molecule has 1 fully saturated rings. The predicted octanol–water partition coefficient (Wildman–Crippen LogP) is -1.45. The SMILES string of the molecule is NCC(NC1CC1)C(N)=O. The second kappa shape index (κ2) is 2.98. The first-order chi connectivity index (χ1) is 4.74. The van der Waals surface area contributed by atoms with Gasteiger partial charge < -0.3 is 16.8 Å². The molecule has 0 aromatic heterocycles. The Kier molecular flexibility index (Phi) is 2.24. The number of carbonyl (C=O) groups excluding carboxylic acids is 1. The van der Waals surface area contributed by atoms with Crippen molar-refractivity contribution in [3.8, 4) is 0 Å². The van der Waals surface area contributed by atoms with E-state index in [0.29, 0.717) is 12.6 Å². The van der Waals surface area contributed by atoms with E-state index in [1.165, 1.54) is 0 Å². The average Bonchev–Trinajstić information content (AvgIpc) is 2.64. The number of primary amides is 1. The Labute approximate surface area is 59.9 Å². The van der Waals surface area contributed by atoms with Gasteiger partial charge in [0.05, 0.1) is 6.04 Å². The fourth-order valence-corrected chi connectivity index (χ4v) is 0.801. The second-order valence-corrected chi connectivity index (χ2v) is 2.63. The zero-order valence-corrected chi connectivity index (χ0v) is 5.84. The van der Waals surface area contributed by atoms with Gasteiger partial charge in [-0.25, -0.2) is 0 Å². The van der Waals surface area contributed by atoms with Crippen LogP contribution in [0.4, 0.5) is 0 Å². The summed E-state index contributed by atoms with van der Waals surface area (Å²) in [6, 6.07) is 0.161. The molecule has 0 radical (unpaired) electrons. The van der Waals surface area contributed by atoms with Crippen LogP contribution >= 0.6 is 0 Å². The highest BCUT2D eigenvalue weighted by atomic mass is 16.1. The molecule has 0 spiro atoms. The van der Waals surface area contributed by atoms with Crippen molar-refractivity contribution in [3.63, 3.8) is 0 Å². The molecular weight excluding hydrogens is 130 g/mol. The molecule has 10 heavy (non-hydrogen) atoms. The van der Waals surface area contributed by atoms with E-state index in [0.717, 1.165) is 12.8 Å². The monoisotopic (exact) mass is 143 g/mol. The van der Waals surface area contributed by atoms with Crippen molar-refractivity contribution in [1.29, 1.82) is 0 Å². The molecule has 1 rings (SSSR count). The van der Waals surface area contributed by atoms with Gasteiger partial charge in [-0.1, -0.05) is 0 Å². The van der Waals surface area contributed by atoms with Crippen molar-refractivity contribution in [2.75, 3.05) is 6.54 Å². The van der Waals surface area contributed by atoms with E-state index in [2.05, 4.69) is 5.32 Å². The van der Waals surface area contributed by atoms with Crippen LogP contribution < -0.4 is 16.8 Å². The molecule has 1 aliphatic carbocycles. The van der Waals surface area contributed by atoms with Gasteiger partial charge in [0.2, 0.25) is 5.91 Å². The van der Waals surface area contributed by atoms with Gasteiger partial charge in [0.15, 0.2) is 0 Å². The maximum Gasteiger partial charge on any atom is 0.235 e. The third-order valence-corrected chi connectivity index (χ3v) is 1.59. The minimum Gasteiger partial charge on any atom is -0.368 e. The summed E-state index contributed by atoms with van der Waals surface area (Å²) in [5.74, 6) is -0.352. The first-order valence-electron chi connectivity index (χ1n) is 3.49. The van der Waals surface area contributed by atoms with E-state index in [1.807, 2.05) is 0 Å². The van der Waals surface area contributed by atoms with Gasteiger partial charge in [-0.2, -0.15) is 0 Å². The fourth-order valence-electron chi connectivity index (χ4n) is 0.801. The third-order valence-electron chi connectivity index (χ3n) is 1.59. The Balaban J connectivity index is 2.24. The van der Waals surface area contributed by atoms with Crippen molar-refractivity contribution >= 4 is 5.91 Å². The molecule has 4 nitrogen and oxygen atoms in total. The number of carbonyl (C=O) groups is 1. The molecule has 0 aromatic rings. The van der Waals surface area contributed by atoms with E-state index >= 15 is 0 Å². The van der Waals surface area contributed by atoms with Crippen molar-refractivity contribution in [1.82, 2.24) is 5.32 Å². The van der Waals surface area contributed by atoms with Crippen LogP contribution in [0.1, 0.15) is 12.8 Å².